The van der Waals surface area contributed by atoms with Crippen molar-refractivity contribution in [3.63, 3.8) is 0 Å². The van der Waals surface area contributed by atoms with E-state index in [1.165, 1.54) is 0 Å². The largest absolute Gasteiger partial charge is 0.507 e. The highest BCUT2D eigenvalue weighted by atomic mass is 33.1. The Morgan fingerprint density at radius 2 is 1.12 bits per heavy atom. The van der Waals surface area contributed by atoms with Gasteiger partial charge in [-0.1, -0.05) is 45.9 Å². The van der Waals surface area contributed by atoms with Crippen molar-refractivity contribution in [3.8, 4) is 11.5 Å². The van der Waals surface area contributed by atoms with E-state index in [0.717, 1.165) is 22.6 Å². The Bertz CT molecular complexity index is 631. The maximum absolute atomic E-state index is 9.60. The van der Waals surface area contributed by atoms with Crippen LogP contribution in [0.15, 0.2) is 58.5 Å². The zero-order valence-electron chi connectivity index (χ0n) is 13.2. The summed E-state index contributed by atoms with van der Waals surface area (Å²) in [6.07, 6.45) is 3.41. The van der Waals surface area contributed by atoms with Crippen LogP contribution in [0.5, 0.6) is 11.5 Å². The average molecular weight is 361 g/mol. The van der Waals surface area contributed by atoms with E-state index in [1.807, 2.05) is 24.3 Å². The summed E-state index contributed by atoms with van der Waals surface area (Å²) in [5, 5.41) is 19.2. The lowest BCUT2D eigenvalue weighted by molar-refractivity contribution is 0.474. The number of hydrogen-bond acceptors (Lipinski definition) is 6. The van der Waals surface area contributed by atoms with Crippen LogP contribution in [0.1, 0.15) is 11.1 Å². The maximum atomic E-state index is 9.60. The lowest BCUT2D eigenvalue weighted by Gasteiger charge is -1.99. The normalized spacial score (nSPS) is 11.5. The summed E-state index contributed by atoms with van der Waals surface area (Å²) in [5.74, 6) is 2.34. The van der Waals surface area contributed by atoms with Crippen LogP contribution >= 0.6 is 21.6 Å². The van der Waals surface area contributed by atoms with Gasteiger partial charge < -0.3 is 10.2 Å². The third-order valence-electron chi connectivity index (χ3n) is 3.03. The van der Waals surface area contributed by atoms with Crippen LogP contribution in [-0.4, -0.2) is 47.2 Å². The van der Waals surface area contributed by atoms with Gasteiger partial charge in [-0.25, -0.2) is 0 Å². The number of nitrogens with zero attached hydrogens (tertiary/aromatic N) is 2. The maximum Gasteiger partial charge on any atom is 0.124 e. The summed E-state index contributed by atoms with van der Waals surface area (Å²) < 4.78 is 0. The van der Waals surface area contributed by atoms with E-state index in [9.17, 15) is 10.2 Å². The molecule has 0 bridgehead atoms. The van der Waals surface area contributed by atoms with Crippen molar-refractivity contribution in [1.29, 1.82) is 0 Å². The van der Waals surface area contributed by atoms with Gasteiger partial charge >= 0.3 is 0 Å². The van der Waals surface area contributed by atoms with Gasteiger partial charge in [-0.3, -0.25) is 9.98 Å². The fourth-order valence-corrected chi connectivity index (χ4v) is 3.57. The first kappa shape index (κ1) is 18.4. The van der Waals surface area contributed by atoms with Crippen molar-refractivity contribution >= 4 is 34.0 Å². The standard InChI is InChI=1S/C18H20N2O2S2/c21-17-7-3-1-5-15(17)13-19-9-11-23-24-12-10-20-14-16-6-2-4-8-18(16)22/h1-8,13-14,21-22H,9-12H2. The second kappa shape index (κ2) is 10.8. The predicted octanol–water partition coefficient (Wildman–Crippen LogP) is 4.02. The summed E-state index contributed by atoms with van der Waals surface area (Å²) >= 11 is 0. The number of phenolic OH excluding ortho intramolecular Hbond substituents is 2. The number of aliphatic imine (C=N–C) groups is 2. The molecule has 0 amide bonds. The quantitative estimate of drug-likeness (QED) is 0.403. The molecule has 0 saturated heterocycles. The van der Waals surface area contributed by atoms with Gasteiger partial charge in [0, 0.05) is 48.2 Å². The Labute approximate surface area is 150 Å². The van der Waals surface area contributed by atoms with Gasteiger partial charge in [-0.05, 0) is 24.3 Å². The zero-order valence-corrected chi connectivity index (χ0v) is 14.8. The van der Waals surface area contributed by atoms with Crippen molar-refractivity contribution < 1.29 is 10.2 Å². The summed E-state index contributed by atoms with van der Waals surface area (Å²) in [6, 6.07) is 14.3. The first-order chi connectivity index (χ1) is 11.8. The third kappa shape index (κ3) is 6.68. The van der Waals surface area contributed by atoms with Gasteiger partial charge in [0.2, 0.25) is 0 Å². The summed E-state index contributed by atoms with van der Waals surface area (Å²) in [4.78, 5) is 8.62. The van der Waals surface area contributed by atoms with E-state index < -0.39 is 0 Å². The fraction of sp³-hybridized carbons (Fsp3) is 0.222. The van der Waals surface area contributed by atoms with Crippen LogP contribution < -0.4 is 0 Å². The molecule has 6 heteroatoms. The highest BCUT2D eigenvalue weighted by Gasteiger charge is 1.95. The topological polar surface area (TPSA) is 65.2 Å². The van der Waals surface area contributed by atoms with E-state index in [2.05, 4.69) is 9.98 Å². The summed E-state index contributed by atoms with van der Waals surface area (Å²) in [5.41, 5.74) is 1.49. The van der Waals surface area contributed by atoms with Crippen LogP contribution in [0.25, 0.3) is 0 Å². The van der Waals surface area contributed by atoms with Crippen LogP contribution in [-0.2, 0) is 0 Å². The van der Waals surface area contributed by atoms with E-state index >= 15 is 0 Å². The fourth-order valence-electron chi connectivity index (χ4n) is 1.82. The average Bonchev–Trinajstić information content (AvgIpc) is 2.59. The minimum Gasteiger partial charge on any atom is -0.507 e. The van der Waals surface area contributed by atoms with Gasteiger partial charge in [0.05, 0.1) is 0 Å². The van der Waals surface area contributed by atoms with Crippen LogP contribution in [0, 0.1) is 0 Å². The molecule has 2 N–H and O–H groups in total. The molecule has 0 aromatic heterocycles. The number of phenols is 2. The Hall–Kier alpha value is -1.92. The second-order valence-corrected chi connectivity index (χ2v) is 7.53. The molecule has 126 valence electrons. The van der Waals surface area contributed by atoms with Crippen LogP contribution in [0.4, 0.5) is 0 Å². The predicted molar refractivity (Wildman–Crippen MR) is 106 cm³/mol. The highest BCUT2D eigenvalue weighted by molar-refractivity contribution is 8.76. The van der Waals surface area contributed by atoms with Gasteiger partial charge in [0.1, 0.15) is 11.5 Å². The highest BCUT2D eigenvalue weighted by Crippen LogP contribution is 2.20. The van der Waals surface area contributed by atoms with E-state index in [1.54, 1.807) is 58.3 Å². The first-order valence-electron chi connectivity index (χ1n) is 7.57. The van der Waals surface area contributed by atoms with E-state index in [-0.39, 0.29) is 11.5 Å². The molecular weight excluding hydrogens is 340 g/mol. The van der Waals surface area contributed by atoms with Crippen molar-refractivity contribution in [2.75, 3.05) is 24.6 Å². The molecule has 2 rings (SSSR count). The van der Waals surface area contributed by atoms with Gasteiger partial charge in [-0.15, -0.1) is 0 Å². The molecule has 0 saturated carbocycles. The number of para-hydroxylation sites is 2. The smallest absolute Gasteiger partial charge is 0.124 e. The molecule has 0 aliphatic heterocycles. The monoisotopic (exact) mass is 360 g/mol. The molecule has 4 nitrogen and oxygen atoms in total. The van der Waals surface area contributed by atoms with E-state index in [4.69, 9.17) is 0 Å². The van der Waals surface area contributed by atoms with Crippen LogP contribution in [0.3, 0.4) is 0 Å². The lowest BCUT2D eigenvalue weighted by atomic mass is 10.2. The molecular formula is C18H20N2O2S2. The zero-order chi connectivity index (χ0) is 17.0. The Kier molecular flexibility index (Phi) is 8.27. The Morgan fingerprint density at radius 3 is 1.54 bits per heavy atom. The summed E-state index contributed by atoms with van der Waals surface area (Å²) in [7, 11) is 3.52. The molecule has 0 unspecified atom stereocenters. The molecule has 24 heavy (non-hydrogen) atoms. The third-order valence-corrected chi connectivity index (χ3v) is 5.39. The molecule has 0 fully saturated rings. The van der Waals surface area contributed by atoms with Gasteiger partial charge in [-0.2, -0.15) is 0 Å². The Balaban J connectivity index is 1.54. The molecule has 0 aliphatic rings. The lowest BCUT2D eigenvalue weighted by Crippen LogP contribution is -1.89. The molecule has 0 radical (unpaired) electrons. The number of hydrogen-bond donors (Lipinski definition) is 2. The second-order valence-electron chi connectivity index (χ2n) is 4.83. The van der Waals surface area contributed by atoms with Crippen molar-refractivity contribution in [3.05, 3.63) is 59.7 Å². The van der Waals surface area contributed by atoms with Gasteiger partial charge in [0.15, 0.2) is 0 Å². The van der Waals surface area contributed by atoms with Crippen molar-refractivity contribution in [1.82, 2.24) is 0 Å². The molecule has 0 atom stereocenters. The summed E-state index contributed by atoms with van der Waals surface area (Å²) in [6.45, 7) is 1.43. The van der Waals surface area contributed by atoms with Crippen LogP contribution in [0.2, 0.25) is 0 Å². The molecule has 0 spiro atoms. The minimum absolute atomic E-state index is 0.255. The molecule has 0 aliphatic carbocycles. The van der Waals surface area contributed by atoms with Gasteiger partial charge in [0.25, 0.3) is 0 Å². The molecule has 2 aromatic carbocycles. The Morgan fingerprint density at radius 1 is 0.708 bits per heavy atom. The number of benzene rings is 2. The molecule has 0 heterocycles. The number of aromatic hydroxyl groups is 2. The first-order valence-corrected chi connectivity index (χ1v) is 10.1. The van der Waals surface area contributed by atoms with Crippen molar-refractivity contribution in [2.24, 2.45) is 9.98 Å². The molecule has 2 aromatic rings. The minimum atomic E-state index is 0.255. The SMILES string of the molecule is Oc1ccccc1C=NCCSSCCN=Cc1ccccc1O. The number of rotatable bonds is 9. The van der Waals surface area contributed by atoms with Crippen molar-refractivity contribution in [2.45, 2.75) is 0 Å². The van der Waals surface area contributed by atoms with E-state index in [0.29, 0.717) is 13.1 Å².